The molecule has 0 spiro atoms. The van der Waals surface area contributed by atoms with Crippen LogP contribution in [-0.2, 0) is 0 Å². The molecule has 0 aliphatic heterocycles. The zero-order valence-electron chi connectivity index (χ0n) is 30.3. The molecule has 2 heterocycles. The predicted molar refractivity (Wildman–Crippen MR) is 214 cm³/mol. The van der Waals surface area contributed by atoms with Gasteiger partial charge < -0.3 is 11.4 Å². The number of aryl methyl sites for hydroxylation is 6. The highest BCUT2D eigenvalue weighted by Crippen LogP contribution is 2.39. The summed E-state index contributed by atoms with van der Waals surface area (Å²) in [5.74, 6) is 1.94. The number of rotatable bonds is 8. The quantitative estimate of drug-likeness (QED) is 0.148. The Bertz CT molecular complexity index is 2560. The van der Waals surface area contributed by atoms with E-state index < -0.39 is 15.1 Å². The maximum Gasteiger partial charge on any atom is 1.20 e. The van der Waals surface area contributed by atoms with E-state index in [1.165, 1.54) is 27.8 Å². The summed E-state index contributed by atoms with van der Waals surface area (Å²) in [5.41, 5.74) is 13.0. The Morgan fingerprint density at radius 3 is 1.52 bits per heavy atom. The van der Waals surface area contributed by atoms with Gasteiger partial charge in [-0.3, -0.25) is 0 Å². The van der Waals surface area contributed by atoms with Gasteiger partial charge in [0.15, 0.2) is 0 Å². The van der Waals surface area contributed by atoms with Gasteiger partial charge in [-0.15, -0.1) is 0 Å². The van der Waals surface area contributed by atoms with Crippen LogP contribution in [0.3, 0.4) is 0 Å². The van der Waals surface area contributed by atoms with Crippen molar-refractivity contribution in [2.75, 3.05) is 0 Å². The van der Waals surface area contributed by atoms with Gasteiger partial charge in [-0.05, 0) is 128 Å². The van der Waals surface area contributed by atoms with E-state index in [1.807, 2.05) is 68.4 Å². The maximum atomic E-state index is 6.95. The molecule has 8 rings (SSSR count). The average molecular weight is 695 g/mol. The van der Waals surface area contributed by atoms with Crippen molar-refractivity contribution < 1.29 is 11.4 Å². The zero-order chi connectivity index (χ0) is 35.9. The van der Waals surface area contributed by atoms with E-state index in [-0.39, 0.29) is 0 Å². The molecule has 0 fully saturated rings. The molecule has 0 atom stereocenters. The van der Waals surface area contributed by atoms with Crippen molar-refractivity contribution in [3.05, 3.63) is 161 Å². The molecular weight excluding hydrogens is 655 g/mol. The van der Waals surface area contributed by atoms with Crippen LogP contribution in [0.15, 0.2) is 127 Å². The minimum atomic E-state index is -3.04. The van der Waals surface area contributed by atoms with Crippen LogP contribution in [0.5, 0.6) is 17.2 Å². The normalized spacial score (nSPS) is 11.3. The number of benzene rings is 6. The number of pyridine rings is 2. The topological polar surface area (TPSA) is 53.5 Å². The summed E-state index contributed by atoms with van der Waals surface area (Å²) in [4.78, 5) is 9.67. The fraction of sp³-hybridized carbons (Fsp3) is 0.130. The van der Waals surface area contributed by atoms with Crippen LogP contribution < -0.4 is 11.4 Å². The van der Waals surface area contributed by atoms with Gasteiger partial charge in [0, 0.05) is 27.5 Å². The summed E-state index contributed by atoms with van der Waals surface area (Å²) in [6, 6.07) is 44.2. The molecule has 0 saturated carbocycles. The highest BCUT2D eigenvalue weighted by Gasteiger charge is 2.46. The van der Waals surface area contributed by atoms with Crippen molar-refractivity contribution in [1.29, 1.82) is 0 Å². The molecule has 6 heteroatoms. The third kappa shape index (κ3) is 6.60. The second-order valence-corrected chi connectivity index (χ2v) is 15.0. The number of hydrogen-bond acceptors (Lipinski definition) is 5. The van der Waals surface area contributed by atoms with Crippen LogP contribution >= 0.6 is 0 Å². The van der Waals surface area contributed by atoms with Crippen molar-refractivity contribution in [1.82, 2.24) is 9.97 Å². The first-order valence-electron chi connectivity index (χ1n) is 17.6. The molecule has 6 aromatic carbocycles. The lowest BCUT2D eigenvalue weighted by molar-refractivity contribution is 0.311. The van der Waals surface area contributed by atoms with Gasteiger partial charge in [0.1, 0.15) is 22.5 Å². The van der Waals surface area contributed by atoms with Gasteiger partial charge in [-0.25, -0.2) is 9.97 Å². The van der Waals surface area contributed by atoms with Crippen molar-refractivity contribution in [2.24, 2.45) is 0 Å². The van der Waals surface area contributed by atoms with Gasteiger partial charge in [-0.2, -0.15) is 0 Å². The lowest BCUT2D eigenvalue weighted by atomic mass is 9.92. The molecule has 0 saturated heterocycles. The molecule has 2 aromatic heterocycles. The summed E-state index contributed by atoms with van der Waals surface area (Å²) in [7, 11) is 0. The van der Waals surface area contributed by atoms with E-state index >= 15 is 0 Å². The van der Waals surface area contributed by atoms with Crippen LogP contribution in [0.2, 0.25) is 0 Å². The van der Waals surface area contributed by atoms with Crippen molar-refractivity contribution in [3.8, 4) is 39.5 Å². The Kier molecular flexibility index (Phi) is 8.89. The van der Waals surface area contributed by atoms with Crippen LogP contribution in [0.1, 0.15) is 33.6 Å². The molecule has 0 amide bonds. The second-order valence-electron chi connectivity index (χ2n) is 13.7. The Morgan fingerprint density at radius 1 is 0.404 bits per heavy atom. The molecule has 254 valence electrons. The number of nitrogens with zero attached hydrogens (tertiary/aromatic N) is 2. The largest absolute Gasteiger partial charge is 1.20 e. The van der Waals surface area contributed by atoms with Crippen LogP contribution in [-0.4, -0.2) is 25.1 Å². The van der Waals surface area contributed by atoms with Gasteiger partial charge in [0.25, 0.3) is 0 Å². The maximum absolute atomic E-state index is 6.95. The number of fused-ring (bicyclic) bond motifs is 3. The van der Waals surface area contributed by atoms with Crippen molar-refractivity contribution in [2.45, 2.75) is 41.5 Å². The van der Waals surface area contributed by atoms with E-state index in [2.05, 4.69) is 100 Å². The second kappa shape index (κ2) is 13.8. The minimum Gasteiger partial charge on any atom is -0.577 e. The first kappa shape index (κ1) is 33.5. The highest BCUT2D eigenvalue weighted by atomic mass is 27.3. The molecule has 8 aromatic rings. The molecule has 0 radical (unpaired) electrons. The fourth-order valence-electron chi connectivity index (χ4n) is 6.69. The van der Waals surface area contributed by atoms with E-state index in [1.54, 1.807) is 0 Å². The Hall–Kier alpha value is -5.67. The van der Waals surface area contributed by atoms with Crippen LogP contribution in [0.25, 0.3) is 54.8 Å². The van der Waals surface area contributed by atoms with Crippen molar-refractivity contribution in [3.63, 3.8) is 0 Å². The molecule has 5 nitrogen and oxygen atoms in total. The van der Waals surface area contributed by atoms with Crippen molar-refractivity contribution >= 4 is 47.7 Å². The first-order chi connectivity index (χ1) is 25.2. The Morgan fingerprint density at radius 2 is 0.923 bits per heavy atom. The summed E-state index contributed by atoms with van der Waals surface area (Å²) in [5, 5.41) is 4.04. The summed E-state index contributed by atoms with van der Waals surface area (Å²) in [6.07, 6.45) is 0. The number of para-hydroxylation sites is 2. The molecule has 52 heavy (non-hydrogen) atoms. The number of aromatic nitrogens is 2. The summed E-state index contributed by atoms with van der Waals surface area (Å²) >= 11 is -3.04. The lowest BCUT2D eigenvalue weighted by Crippen LogP contribution is -2.37. The zero-order valence-corrected chi connectivity index (χ0v) is 31.5. The molecule has 0 aliphatic carbocycles. The van der Waals surface area contributed by atoms with Crippen LogP contribution in [0.4, 0.5) is 0 Å². The van der Waals surface area contributed by atoms with Crippen LogP contribution in [0, 0.1) is 41.5 Å². The molecule has 0 unspecified atom stereocenters. The third-order valence-electron chi connectivity index (χ3n) is 9.95. The molecular formula is C46H39AlN2O3. The standard InChI is InChI=1S/C26H24O.2C10H9NO.Al/c1-16-5-7-20(13-18(16)3)21-9-10-24-25(15-21)23(11-12-26(24)27)22-8-6-17(2)19(4)14-22;2*1-7-5-6-8-3-2-4-9(12)10(8)11-7;/h5-15,27H,1-4H3;2*2-6,12H,1H3;/q;;;+3/p-3. The Labute approximate surface area is 309 Å². The Balaban J connectivity index is 1.27. The van der Waals surface area contributed by atoms with Gasteiger partial charge in [0.05, 0.1) is 5.75 Å². The predicted octanol–water partition coefficient (Wildman–Crippen LogP) is 11.6. The molecule has 0 aliphatic rings. The number of hydrogen-bond donors (Lipinski definition) is 0. The third-order valence-corrected chi connectivity index (χ3v) is 11.3. The highest BCUT2D eigenvalue weighted by molar-refractivity contribution is 6.40. The minimum absolute atomic E-state index is 0.621. The smallest absolute Gasteiger partial charge is 0.577 e. The summed E-state index contributed by atoms with van der Waals surface area (Å²) < 4.78 is 20.5. The first-order valence-corrected chi connectivity index (χ1v) is 19.1. The fourth-order valence-corrected chi connectivity index (χ4v) is 8.05. The summed E-state index contributed by atoms with van der Waals surface area (Å²) in [6.45, 7) is 12.6. The SMILES string of the molecule is Cc1ccc2cccc([O][Al]([O]c3ccc(-c4ccc(C)c(C)c4)c4cc(-c5ccc(C)c(C)c5)ccc34)[O]c3cccc4ccc(C)nc34)c2n1. The van der Waals surface area contributed by atoms with E-state index in [0.29, 0.717) is 17.2 Å². The lowest BCUT2D eigenvalue weighted by Gasteiger charge is -2.20. The van der Waals surface area contributed by atoms with E-state index in [9.17, 15) is 0 Å². The molecule has 0 N–H and O–H groups in total. The monoisotopic (exact) mass is 694 g/mol. The van der Waals surface area contributed by atoms with E-state index in [0.717, 1.165) is 60.7 Å². The van der Waals surface area contributed by atoms with E-state index in [4.69, 9.17) is 21.3 Å². The van der Waals surface area contributed by atoms with Gasteiger partial charge in [0.2, 0.25) is 0 Å². The van der Waals surface area contributed by atoms with Gasteiger partial charge >= 0.3 is 15.1 Å². The molecule has 0 bridgehead atoms. The average Bonchev–Trinajstić information content (AvgIpc) is 3.14. The van der Waals surface area contributed by atoms with Gasteiger partial charge in [-0.1, -0.05) is 91.0 Å².